The maximum absolute atomic E-state index is 2.60. The number of rotatable bonds is 8. The van der Waals surface area contributed by atoms with Crippen molar-refractivity contribution in [1.82, 2.24) is 0 Å². The van der Waals surface area contributed by atoms with Gasteiger partial charge in [0.1, 0.15) is 0 Å². The summed E-state index contributed by atoms with van der Waals surface area (Å²) in [7, 11) is 0. The van der Waals surface area contributed by atoms with Crippen LogP contribution in [0, 0.1) is 47.3 Å². The molecule has 7 fully saturated rings. The summed E-state index contributed by atoms with van der Waals surface area (Å²) in [5.74, 6) is 8.94. The second kappa shape index (κ2) is 14.4. The fraction of sp³-hybridized carbons (Fsp3) is 0.368. The van der Waals surface area contributed by atoms with Crippen LogP contribution < -0.4 is 4.90 Å². The molecule has 5 atom stereocenters. The fourth-order valence-electron chi connectivity index (χ4n) is 14.4. The van der Waals surface area contributed by atoms with Crippen LogP contribution in [0.25, 0.3) is 33.4 Å². The Morgan fingerprint density at radius 3 is 1.36 bits per heavy atom. The first-order valence-corrected chi connectivity index (χ1v) is 23.0. The minimum absolute atomic E-state index is 0.707. The van der Waals surface area contributed by atoms with Crippen molar-refractivity contribution in [2.24, 2.45) is 47.3 Å². The molecule has 7 aliphatic carbocycles. The van der Waals surface area contributed by atoms with Crippen LogP contribution in [0.2, 0.25) is 0 Å². The Hall–Kier alpha value is -4.88. The van der Waals surface area contributed by atoms with E-state index >= 15 is 0 Å². The predicted octanol–water partition coefficient (Wildman–Crippen LogP) is 15.6. The van der Waals surface area contributed by atoms with Gasteiger partial charge < -0.3 is 4.90 Å². The molecule has 6 aromatic carbocycles. The topological polar surface area (TPSA) is 3.24 Å². The summed E-state index contributed by atoms with van der Waals surface area (Å²) in [6.07, 6.45) is 16.3. The molecule has 1 nitrogen and oxygen atoms in total. The molecule has 0 aliphatic heterocycles. The summed E-state index contributed by atoms with van der Waals surface area (Å²) >= 11 is 0. The molecule has 0 N–H and O–H groups in total. The number of benzene rings is 6. The van der Waals surface area contributed by atoms with Gasteiger partial charge in [0.15, 0.2) is 0 Å². The zero-order valence-corrected chi connectivity index (χ0v) is 33.9. The minimum Gasteiger partial charge on any atom is -0.311 e. The Balaban J connectivity index is 0.953. The molecular weight excluding hydrogens is 699 g/mol. The summed E-state index contributed by atoms with van der Waals surface area (Å²) in [5, 5.41) is 0. The van der Waals surface area contributed by atoms with Crippen LogP contribution in [-0.4, -0.2) is 0 Å². The fourth-order valence-corrected chi connectivity index (χ4v) is 14.4. The lowest BCUT2D eigenvalue weighted by atomic mass is 9.50. The molecule has 0 heterocycles. The van der Waals surface area contributed by atoms with Gasteiger partial charge in [0.05, 0.1) is 0 Å². The highest BCUT2D eigenvalue weighted by molar-refractivity contribution is 5.82. The summed E-state index contributed by atoms with van der Waals surface area (Å²) in [6.45, 7) is 0. The van der Waals surface area contributed by atoms with Gasteiger partial charge in [0.2, 0.25) is 0 Å². The van der Waals surface area contributed by atoms with Crippen LogP contribution in [0.5, 0.6) is 0 Å². The Kier molecular flexibility index (Phi) is 8.74. The highest BCUT2D eigenvalue weighted by atomic mass is 15.1. The largest absolute Gasteiger partial charge is 0.311 e. The normalized spacial score (nSPS) is 30.3. The van der Waals surface area contributed by atoms with Crippen molar-refractivity contribution >= 4 is 17.1 Å². The van der Waals surface area contributed by atoms with Crippen molar-refractivity contribution in [2.45, 2.75) is 82.5 Å². The van der Waals surface area contributed by atoms with Crippen molar-refractivity contribution in [3.8, 4) is 33.4 Å². The van der Waals surface area contributed by atoms with Gasteiger partial charge in [-0.2, -0.15) is 0 Å². The van der Waals surface area contributed by atoms with Crippen molar-refractivity contribution in [1.29, 1.82) is 0 Å². The molecule has 7 saturated carbocycles. The number of hydrogen-bond donors (Lipinski definition) is 0. The average molecular weight is 756 g/mol. The van der Waals surface area contributed by atoms with E-state index in [1.54, 1.807) is 16.7 Å². The maximum Gasteiger partial charge on any atom is 0.0462 e. The number of fused-ring (bicyclic) bond motifs is 2. The molecular formula is C57H57N. The van der Waals surface area contributed by atoms with Crippen molar-refractivity contribution in [2.75, 3.05) is 4.90 Å². The Morgan fingerprint density at radius 2 is 0.793 bits per heavy atom. The lowest BCUT2D eigenvalue weighted by molar-refractivity contribution is -0.00276. The SMILES string of the molecule is c1ccc(-c2ccc(N(c3ccc(-c4ccccc4)cc3)c3ccc(-c4c(C5CC6CCC7CC6CC5C7)cccc4C4C5CC6CC(C5)CC4C6)cc3)cc2)cc1. The maximum atomic E-state index is 2.60. The van der Waals surface area contributed by atoms with Crippen molar-refractivity contribution < 1.29 is 0 Å². The predicted molar refractivity (Wildman–Crippen MR) is 242 cm³/mol. The molecule has 5 unspecified atom stereocenters. The highest BCUT2D eigenvalue weighted by Crippen LogP contribution is 2.63. The molecule has 0 saturated heterocycles. The molecule has 7 aliphatic rings. The number of anilines is 3. The molecule has 58 heavy (non-hydrogen) atoms. The van der Waals surface area contributed by atoms with Gasteiger partial charge in [-0.25, -0.2) is 0 Å². The van der Waals surface area contributed by atoms with Gasteiger partial charge in [0.25, 0.3) is 0 Å². The van der Waals surface area contributed by atoms with E-state index in [2.05, 4.69) is 157 Å². The third kappa shape index (κ3) is 6.18. The van der Waals surface area contributed by atoms with Crippen molar-refractivity contribution in [3.63, 3.8) is 0 Å². The van der Waals surface area contributed by atoms with Crippen LogP contribution in [0.3, 0.4) is 0 Å². The first kappa shape index (κ1) is 35.1. The van der Waals surface area contributed by atoms with E-state index in [9.17, 15) is 0 Å². The van der Waals surface area contributed by atoms with Gasteiger partial charge in [-0.15, -0.1) is 0 Å². The van der Waals surface area contributed by atoms with Gasteiger partial charge in [-0.05, 0) is 204 Å². The van der Waals surface area contributed by atoms with E-state index < -0.39 is 0 Å². The van der Waals surface area contributed by atoms with E-state index in [1.165, 1.54) is 116 Å². The number of nitrogens with zero attached hydrogens (tertiary/aromatic N) is 1. The van der Waals surface area contributed by atoms with Crippen molar-refractivity contribution in [3.05, 3.63) is 163 Å². The Bertz CT molecular complexity index is 2260. The molecule has 0 radical (unpaired) electrons. The molecule has 0 spiro atoms. The van der Waals surface area contributed by atoms with Crippen LogP contribution in [0.1, 0.15) is 93.6 Å². The zero-order valence-electron chi connectivity index (χ0n) is 33.9. The first-order chi connectivity index (χ1) is 28.7. The monoisotopic (exact) mass is 755 g/mol. The van der Waals surface area contributed by atoms with Gasteiger partial charge in [-0.1, -0.05) is 122 Å². The second-order valence-electron chi connectivity index (χ2n) is 19.7. The van der Waals surface area contributed by atoms with Crippen LogP contribution in [0.4, 0.5) is 17.1 Å². The smallest absolute Gasteiger partial charge is 0.0462 e. The van der Waals surface area contributed by atoms with Crippen LogP contribution in [0.15, 0.2) is 152 Å². The van der Waals surface area contributed by atoms with Crippen LogP contribution >= 0.6 is 0 Å². The molecule has 290 valence electrons. The average Bonchev–Trinajstić information content (AvgIpc) is 3.27. The summed E-state index contributed by atoms with van der Waals surface area (Å²) in [4.78, 5) is 2.46. The second-order valence-corrected chi connectivity index (χ2v) is 19.7. The third-order valence-electron chi connectivity index (χ3n) is 16.6. The summed E-state index contributed by atoms with van der Waals surface area (Å²) < 4.78 is 0. The zero-order chi connectivity index (χ0) is 38.2. The van der Waals surface area contributed by atoms with Gasteiger partial charge >= 0.3 is 0 Å². The van der Waals surface area contributed by atoms with E-state index in [0.717, 1.165) is 53.3 Å². The highest BCUT2D eigenvalue weighted by Gasteiger charge is 2.50. The van der Waals surface area contributed by atoms with E-state index in [4.69, 9.17) is 0 Å². The lowest BCUT2D eigenvalue weighted by Gasteiger charge is -2.55. The molecule has 13 rings (SSSR count). The van der Waals surface area contributed by atoms with Crippen LogP contribution in [-0.2, 0) is 0 Å². The lowest BCUT2D eigenvalue weighted by Crippen LogP contribution is -2.44. The van der Waals surface area contributed by atoms with Gasteiger partial charge in [0, 0.05) is 17.1 Å². The summed E-state index contributed by atoms with van der Waals surface area (Å²) in [5.41, 5.74) is 15.1. The van der Waals surface area contributed by atoms with Gasteiger partial charge in [-0.3, -0.25) is 0 Å². The third-order valence-corrected chi connectivity index (χ3v) is 16.6. The molecule has 7 bridgehead atoms. The molecule has 0 aromatic heterocycles. The number of hydrogen-bond acceptors (Lipinski definition) is 1. The van der Waals surface area contributed by atoms with E-state index in [1.807, 2.05) is 0 Å². The molecule has 0 amide bonds. The molecule has 6 aromatic rings. The Labute approximate surface area is 346 Å². The standard InChI is InChI=1S/C57H57N/c1-3-8-40(9-4-1)42-16-22-50(23-17-42)58(51-24-18-43(19-25-51)41-10-5-2-6-11-41)52-26-20-44(21-27-52)57-53(55-36-45-15-14-37-29-46(45)35-47(55)30-37)12-7-13-54(57)56-48-31-38-28-39(33-48)34-49(56)32-38/h1-13,16-27,37-39,45-49,55-56H,14-15,28-36H2. The first-order valence-electron chi connectivity index (χ1n) is 23.0. The van der Waals surface area contributed by atoms with E-state index in [-0.39, 0.29) is 0 Å². The van der Waals surface area contributed by atoms with E-state index in [0.29, 0.717) is 5.92 Å². The quantitative estimate of drug-likeness (QED) is 0.150. The Morgan fingerprint density at radius 1 is 0.310 bits per heavy atom. The minimum atomic E-state index is 0.707. The summed E-state index contributed by atoms with van der Waals surface area (Å²) in [6, 6.07) is 57.4. The molecule has 1 heteroatoms.